The van der Waals surface area contributed by atoms with Crippen molar-refractivity contribution >= 4 is 5.91 Å². The van der Waals surface area contributed by atoms with Gasteiger partial charge in [-0.3, -0.25) is 9.89 Å². The number of hydrogen-bond acceptors (Lipinski definition) is 5. The molecule has 0 aromatic carbocycles. The molecule has 1 amide bonds. The number of H-pyrrole nitrogens is 1. The van der Waals surface area contributed by atoms with E-state index in [1.807, 2.05) is 6.92 Å². The molecular formula is C14H17N5O2. The first-order valence-electron chi connectivity index (χ1n) is 6.89. The number of aryl methyl sites for hydroxylation is 1. The van der Waals surface area contributed by atoms with Gasteiger partial charge < -0.3 is 10.1 Å². The van der Waals surface area contributed by atoms with Gasteiger partial charge in [0.2, 0.25) is 0 Å². The van der Waals surface area contributed by atoms with E-state index in [4.69, 9.17) is 4.74 Å². The largest absolute Gasteiger partial charge is 0.381 e. The summed E-state index contributed by atoms with van der Waals surface area (Å²) < 4.78 is 5.41. The third kappa shape index (κ3) is 2.78. The quantitative estimate of drug-likeness (QED) is 0.876. The average Bonchev–Trinajstić information content (AvgIpc) is 2.96. The van der Waals surface area contributed by atoms with Gasteiger partial charge in [0, 0.05) is 44.1 Å². The van der Waals surface area contributed by atoms with E-state index in [0.717, 1.165) is 5.69 Å². The Morgan fingerprint density at radius 2 is 2.05 bits per heavy atom. The highest BCUT2D eigenvalue weighted by molar-refractivity contribution is 5.92. The number of amides is 1. The molecule has 110 valence electrons. The first-order chi connectivity index (χ1) is 10.2. The summed E-state index contributed by atoms with van der Waals surface area (Å²) in [5.41, 5.74) is 0.620. The third-order valence-corrected chi connectivity index (χ3v) is 3.63. The molecule has 21 heavy (non-hydrogen) atoms. The van der Waals surface area contributed by atoms with Crippen molar-refractivity contribution < 1.29 is 9.53 Å². The van der Waals surface area contributed by atoms with E-state index in [9.17, 15) is 4.79 Å². The van der Waals surface area contributed by atoms with Crippen LogP contribution in [0.3, 0.4) is 0 Å². The molecule has 3 heterocycles. The van der Waals surface area contributed by atoms with E-state index in [2.05, 4.69) is 25.5 Å². The number of nitrogens with zero attached hydrogens (tertiary/aromatic N) is 3. The molecule has 0 saturated carbocycles. The lowest BCUT2D eigenvalue weighted by Gasteiger charge is -2.36. The maximum atomic E-state index is 12.4. The fraction of sp³-hybridized carbons (Fsp3) is 0.429. The van der Waals surface area contributed by atoms with Crippen LogP contribution in [0.15, 0.2) is 24.5 Å². The van der Waals surface area contributed by atoms with Crippen molar-refractivity contribution in [2.24, 2.45) is 0 Å². The molecule has 2 N–H and O–H groups in total. The smallest absolute Gasteiger partial charge is 0.272 e. The van der Waals surface area contributed by atoms with E-state index in [0.29, 0.717) is 37.6 Å². The predicted octanol–water partition coefficient (Wildman–Crippen LogP) is 0.944. The lowest BCUT2D eigenvalue weighted by atomic mass is 9.88. The lowest BCUT2D eigenvalue weighted by Crippen LogP contribution is -2.50. The van der Waals surface area contributed by atoms with Crippen LogP contribution in [-0.4, -0.2) is 39.3 Å². The molecule has 0 aliphatic carbocycles. The predicted molar refractivity (Wildman–Crippen MR) is 74.6 cm³/mol. The molecule has 1 saturated heterocycles. The molecule has 1 aliphatic heterocycles. The number of aromatic amines is 1. The molecule has 3 rings (SSSR count). The van der Waals surface area contributed by atoms with Gasteiger partial charge in [0.25, 0.3) is 5.91 Å². The van der Waals surface area contributed by atoms with Crippen molar-refractivity contribution in [2.45, 2.75) is 25.3 Å². The van der Waals surface area contributed by atoms with Gasteiger partial charge in [0.15, 0.2) is 5.82 Å². The summed E-state index contributed by atoms with van der Waals surface area (Å²) in [5.74, 6) is 0.391. The van der Waals surface area contributed by atoms with Crippen LogP contribution in [0.25, 0.3) is 0 Å². The Kier molecular flexibility index (Phi) is 3.66. The minimum atomic E-state index is -0.594. The van der Waals surface area contributed by atoms with Gasteiger partial charge in [-0.15, -0.1) is 0 Å². The summed E-state index contributed by atoms with van der Waals surface area (Å²) in [5, 5.41) is 9.82. The van der Waals surface area contributed by atoms with Crippen molar-refractivity contribution in [3.8, 4) is 0 Å². The molecule has 7 heteroatoms. The minimum absolute atomic E-state index is 0.228. The topological polar surface area (TPSA) is 92.8 Å². The van der Waals surface area contributed by atoms with Gasteiger partial charge in [-0.1, -0.05) is 0 Å². The van der Waals surface area contributed by atoms with Gasteiger partial charge in [0.05, 0.1) is 0 Å². The van der Waals surface area contributed by atoms with Crippen LogP contribution in [0.2, 0.25) is 0 Å². The summed E-state index contributed by atoms with van der Waals surface area (Å²) in [7, 11) is 0. The zero-order chi connectivity index (χ0) is 14.7. The second-order valence-corrected chi connectivity index (χ2v) is 5.16. The van der Waals surface area contributed by atoms with Gasteiger partial charge in [0.1, 0.15) is 11.2 Å². The minimum Gasteiger partial charge on any atom is -0.381 e. The zero-order valence-corrected chi connectivity index (χ0v) is 11.8. The number of aromatic nitrogens is 4. The van der Waals surface area contributed by atoms with Crippen molar-refractivity contribution in [1.82, 2.24) is 25.5 Å². The number of ether oxygens (including phenoxy) is 1. The summed E-state index contributed by atoms with van der Waals surface area (Å²) in [6.45, 7) is 2.99. The summed E-state index contributed by atoms with van der Waals surface area (Å²) >= 11 is 0. The SMILES string of the molecule is Cc1cc(C(=O)NC2(c3ncccn3)CCOCC2)n[nH]1. The fourth-order valence-corrected chi connectivity index (χ4v) is 2.49. The molecule has 0 radical (unpaired) electrons. The van der Waals surface area contributed by atoms with Gasteiger partial charge in [-0.05, 0) is 19.1 Å². The van der Waals surface area contributed by atoms with Crippen molar-refractivity contribution in [3.05, 3.63) is 41.7 Å². The number of carbonyl (C=O) groups excluding carboxylic acids is 1. The molecule has 0 spiro atoms. The Bertz CT molecular complexity index is 619. The van der Waals surface area contributed by atoms with Crippen molar-refractivity contribution in [1.29, 1.82) is 0 Å². The van der Waals surface area contributed by atoms with Gasteiger partial charge in [-0.2, -0.15) is 5.10 Å². The van der Waals surface area contributed by atoms with E-state index >= 15 is 0 Å². The van der Waals surface area contributed by atoms with Crippen LogP contribution >= 0.6 is 0 Å². The Labute approximate surface area is 122 Å². The summed E-state index contributed by atoms with van der Waals surface area (Å²) in [6.07, 6.45) is 4.66. The highest BCUT2D eigenvalue weighted by Gasteiger charge is 2.39. The molecule has 1 fully saturated rings. The van der Waals surface area contributed by atoms with Crippen molar-refractivity contribution in [3.63, 3.8) is 0 Å². The molecule has 2 aromatic heterocycles. The number of hydrogen-bond donors (Lipinski definition) is 2. The maximum absolute atomic E-state index is 12.4. The average molecular weight is 287 g/mol. The zero-order valence-electron chi connectivity index (χ0n) is 11.8. The monoisotopic (exact) mass is 287 g/mol. The highest BCUT2D eigenvalue weighted by Crippen LogP contribution is 2.29. The normalized spacial score (nSPS) is 17.4. The first kappa shape index (κ1) is 13.7. The Morgan fingerprint density at radius 1 is 1.33 bits per heavy atom. The van der Waals surface area contributed by atoms with Crippen LogP contribution < -0.4 is 5.32 Å². The first-order valence-corrected chi connectivity index (χ1v) is 6.89. The van der Waals surface area contributed by atoms with Crippen LogP contribution in [0, 0.1) is 6.92 Å². The molecular weight excluding hydrogens is 270 g/mol. The number of carbonyl (C=O) groups is 1. The Balaban J connectivity index is 1.88. The van der Waals surface area contributed by atoms with E-state index in [1.165, 1.54) is 0 Å². The number of nitrogens with one attached hydrogen (secondary N) is 2. The molecule has 0 atom stereocenters. The number of rotatable bonds is 3. The van der Waals surface area contributed by atoms with Crippen LogP contribution in [0.4, 0.5) is 0 Å². The van der Waals surface area contributed by atoms with E-state index in [1.54, 1.807) is 24.5 Å². The Morgan fingerprint density at radius 3 is 2.67 bits per heavy atom. The van der Waals surface area contributed by atoms with Gasteiger partial charge in [-0.25, -0.2) is 9.97 Å². The molecule has 2 aromatic rings. The van der Waals surface area contributed by atoms with Crippen molar-refractivity contribution in [2.75, 3.05) is 13.2 Å². The summed E-state index contributed by atoms with van der Waals surface area (Å²) in [4.78, 5) is 21.0. The molecule has 0 bridgehead atoms. The summed E-state index contributed by atoms with van der Waals surface area (Å²) in [6, 6.07) is 3.48. The fourth-order valence-electron chi connectivity index (χ4n) is 2.49. The molecule has 0 unspecified atom stereocenters. The standard InChI is InChI=1S/C14H17N5O2/c1-10-9-11(19-18-10)12(20)17-14(3-7-21-8-4-14)13-15-5-2-6-16-13/h2,5-6,9H,3-4,7-8H2,1H3,(H,17,20)(H,18,19). The van der Waals surface area contributed by atoms with Crippen LogP contribution in [-0.2, 0) is 10.3 Å². The Hall–Kier alpha value is -2.28. The maximum Gasteiger partial charge on any atom is 0.272 e. The molecule has 1 aliphatic rings. The second-order valence-electron chi connectivity index (χ2n) is 5.16. The second kappa shape index (κ2) is 5.61. The van der Waals surface area contributed by atoms with Crippen LogP contribution in [0.1, 0.15) is 34.8 Å². The van der Waals surface area contributed by atoms with Gasteiger partial charge >= 0.3 is 0 Å². The lowest BCUT2D eigenvalue weighted by molar-refractivity contribution is 0.0312. The molecule has 7 nitrogen and oxygen atoms in total. The third-order valence-electron chi connectivity index (χ3n) is 3.63. The van der Waals surface area contributed by atoms with Crippen LogP contribution in [0.5, 0.6) is 0 Å². The van der Waals surface area contributed by atoms with E-state index in [-0.39, 0.29) is 5.91 Å². The van der Waals surface area contributed by atoms with E-state index < -0.39 is 5.54 Å². The highest BCUT2D eigenvalue weighted by atomic mass is 16.5.